The van der Waals surface area contributed by atoms with E-state index in [0.717, 1.165) is 18.4 Å². The second-order valence-electron chi connectivity index (χ2n) is 7.12. The zero-order chi connectivity index (χ0) is 21.1. The van der Waals surface area contributed by atoms with Crippen molar-refractivity contribution in [2.24, 2.45) is 0 Å². The van der Waals surface area contributed by atoms with Crippen molar-refractivity contribution in [3.8, 4) is 22.9 Å². The van der Waals surface area contributed by atoms with Crippen LogP contribution in [0.25, 0.3) is 11.4 Å². The average molecular weight is 428 g/mol. The molecule has 3 aromatic rings. The lowest BCUT2D eigenvalue weighted by molar-refractivity contribution is 0.0695. The number of ether oxygens (including phenoxy) is 2. The summed E-state index contributed by atoms with van der Waals surface area (Å²) in [5.41, 5.74) is 1.39. The molecule has 1 aromatic heterocycles. The van der Waals surface area contributed by atoms with Gasteiger partial charge < -0.3 is 18.9 Å². The number of methoxy groups -OCH3 is 2. The summed E-state index contributed by atoms with van der Waals surface area (Å²) in [6.45, 7) is 1.24. The van der Waals surface area contributed by atoms with Gasteiger partial charge in [-0.1, -0.05) is 16.8 Å². The van der Waals surface area contributed by atoms with Gasteiger partial charge in [-0.3, -0.25) is 4.79 Å². The van der Waals surface area contributed by atoms with E-state index in [1.807, 2.05) is 17.0 Å². The van der Waals surface area contributed by atoms with Crippen molar-refractivity contribution in [2.75, 3.05) is 27.3 Å². The minimum atomic E-state index is -0.0176. The molecule has 1 fully saturated rings. The largest absolute Gasteiger partial charge is 0.493 e. The molecular formula is C22H22ClN3O4. The summed E-state index contributed by atoms with van der Waals surface area (Å²) in [4.78, 5) is 19.3. The number of aromatic nitrogens is 2. The standard InChI is InChI=1S/C22H22ClN3O4/c1-28-18-10-7-15(12-19(18)29-2)20-24-21(30-25-20)16-4-3-11-26(13-16)22(27)14-5-8-17(23)9-6-14/h5-10,12,16H,3-4,11,13H2,1-2H3/t16-/m0/s1. The minimum absolute atomic E-state index is 0.00334. The fourth-order valence-corrected chi connectivity index (χ4v) is 3.76. The molecule has 0 spiro atoms. The van der Waals surface area contributed by atoms with E-state index in [-0.39, 0.29) is 11.8 Å². The maximum atomic E-state index is 12.8. The minimum Gasteiger partial charge on any atom is -0.493 e. The second-order valence-corrected chi connectivity index (χ2v) is 7.56. The van der Waals surface area contributed by atoms with E-state index in [1.165, 1.54) is 0 Å². The maximum Gasteiger partial charge on any atom is 0.253 e. The highest BCUT2D eigenvalue weighted by Gasteiger charge is 2.29. The molecule has 7 nitrogen and oxygen atoms in total. The van der Waals surface area contributed by atoms with Gasteiger partial charge in [-0.25, -0.2) is 0 Å². The van der Waals surface area contributed by atoms with Crippen molar-refractivity contribution in [1.29, 1.82) is 0 Å². The Morgan fingerprint density at radius 3 is 2.63 bits per heavy atom. The Morgan fingerprint density at radius 1 is 1.13 bits per heavy atom. The number of piperidine rings is 1. The zero-order valence-electron chi connectivity index (χ0n) is 16.8. The van der Waals surface area contributed by atoms with Crippen LogP contribution in [0.2, 0.25) is 5.02 Å². The van der Waals surface area contributed by atoms with Crippen LogP contribution in [0.3, 0.4) is 0 Å². The maximum absolute atomic E-state index is 12.8. The molecule has 1 aliphatic rings. The highest BCUT2D eigenvalue weighted by Crippen LogP contribution is 2.33. The Hall–Kier alpha value is -3.06. The van der Waals surface area contributed by atoms with Crippen molar-refractivity contribution in [2.45, 2.75) is 18.8 Å². The van der Waals surface area contributed by atoms with Crippen LogP contribution in [0.4, 0.5) is 0 Å². The molecule has 1 saturated heterocycles. The van der Waals surface area contributed by atoms with Gasteiger partial charge in [0.2, 0.25) is 11.7 Å². The van der Waals surface area contributed by atoms with Gasteiger partial charge in [0.25, 0.3) is 5.91 Å². The van der Waals surface area contributed by atoms with Crippen molar-refractivity contribution in [1.82, 2.24) is 15.0 Å². The Labute approximate surface area is 179 Å². The van der Waals surface area contributed by atoms with Crippen molar-refractivity contribution in [3.63, 3.8) is 0 Å². The molecule has 0 radical (unpaired) electrons. The molecule has 30 heavy (non-hydrogen) atoms. The molecule has 156 valence electrons. The molecule has 1 aliphatic heterocycles. The number of hydrogen-bond donors (Lipinski definition) is 0. The molecular weight excluding hydrogens is 406 g/mol. The third-order valence-electron chi connectivity index (χ3n) is 5.23. The predicted octanol–water partition coefficient (Wildman–Crippen LogP) is 4.43. The van der Waals surface area contributed by atoms with E-state index >= 15 is 0 Å². The zero-order valence-corrected chi connectivity index (χ0v) is 17.6. The predicted molar refractivity (Wildman–Crippen MR) is 112 cm³/mol. The lowest BCUT2D eigenvalue weighted by Crippen LogP contribution is -2.39. The first-order valence-electron chi connectivity index (χ1n) is 9.70. The summed E-state index contributed by atoms with van der Waals surface area (Å²) in [6.07, 6.45) is 1.76. The summed E-state index contributed by atoms with van der Waals surface area (Å²) >= 11 is 5.93. The Bertz CT molecular complexity index is 1040. The summed E-state index contributed by atoms with van der Waals surface area (Å²) in [7, 11) is 3.17. The SMILES string of the molecule is COc1ccc(-c2noc([C@H]3CCCN(C(=O)c4ccc(Cl)cc4)C3)n2)cc1OC. The number of likely N-dealkylation sites (tertiary alicyclic amines) is 1. The van der Waals surface area contributed by atoms with E-state index in [1.54, 1.807) is 44.6 Å². The fraction of sp³-hybridized carbons (Fsp3) is 0.318. The second kappa shape index (κ2) is 8.75. The molecule has 0 bridgehead atoms. The molecule has 4 rings (SSSR count). The lowest BCUT2D eigenvalue weighted by atomic mass is 9.97. The van der Waals surface area contributed by atoms with E-state index < -0.39 is 0 Å². The van der Waals surface area contributed by atoms with Gasteiger partial charge in [0, 0.05) is 29.2 Å². The van der Waals surface area contributed by atoms with Gasteiger partial charge in [0.15, 0.2) is 11.5 Å². The first kappa shape index (κ1) is 20.2. The molecule has 2 aromatic carbocycles. The summed E-state index contributed by atoms with van der Waals surface area (Å²) in [6, 6.07) is 12.4. The normalized spacial score (nSPS) is 16.4. The van der Waals surface area contributed by atoms with Crippen molar-refractivity contribution < 1.29 is 18.8 Å². The molecule has 0 N–H and O–H groups in total. The number of carbonyl (C=O) groups is 1. The fourth-order valence-electron chi connectivity index (χ4n) is 3.63. The number of rotatable bonds is 5. The van der Waals surface area contributed by atoms with Gasteiger partial charge in [0.05, 0.1) is 20.1 Å². The summed E-state index contributed by atoms with van der Waals surface area (Å²) < 4.78 is 16.2. The third kappa shape index (κ3) is 4.11. The monoisotopic (exact) mass is 427 g/mol. The number of amides is 1. The first-order chi connectivity index (χ1) is 14.6. The van der Waals surface area contributed by atoms with Crippen LogP contribution < -0.4 is 9.47 Å². The summed E-state index contributed by atoms with van der Waals surface area (Å²) in [5, 5.41) is 4.74. The Morgan fingerprint density at radius 2 is 1.90 bits per heavy atom. The van der Waals surface area contributed by atoms with E-state index in [9.17, 15) is 4.79 Å². The topological polar surface area (TPSA) is 77.7 Å². The van der Waals surface area contributed by atoms with E-state index in [0.29, 0.717) is 46.9 Å². The van der Waals surface area contributed by atoms with Crippen LogP contribution in [0.15, 0.2) is 47.0 Å². The van der Waals surface area contributed by atoms with Crippen LogP contribution in [0.1, 0.15) is 35.0 Å². The molecule has 0 aliphatic carbocycles. The molecule has 1 atom stereocenters. The number of halogens is 1. The van der Waals surface area contributed by atoms with Crippen LogP contribution in [0, 0.1) is 0 Å². The molecule has 0 saturated carbocycles. The summed E-state index contributed by atoms with van der Waals surface area (Å²) in [5.74, 6) is 2.22. The average Bonchev–Trinajstić information content (AvgIpc) is 3.29. The van der Waals surface area contributed by atoms with Gasteiger partial charge >= 0.3 is 0 Å². The molecule has 0 unspecified atom stereocenters. The van der Waals surface area contributed by atoms with Crippen LogP contribution in [-0.2, 0) is 0 Å². The number of benzene rings is 2. The third-order valence-corrected chi connectivity index (χ3v) is 5.48. The Kier molecular flexibility index (Phi) is 5.90. The van der Waals surface area contributed by atoms with Gasteiger partial charge in [-0.05, 0) is 55.3 Å². The highest BCUT2D eigenvalue weighted by atomic mass is 35.5. The van der Waals surface area contributed by atoms with Crippen molar-refractivity contribution >= 4 is 17.5 Å². The molecule has 1 amide bonds. The number of carbonyl (C=O) groups excluding carboxylic acids is 1. The quantitative estimate of drug-likeness (QED) is 0.599. The van der Waals surface area contributed by atoms with Crippen LogP contribution in [-0.4, -0.2) is 48.3 Å². The molecule has 8 heteroatoms. The number of nitrogens with zero attached hydrogens (tertiary/aromatic N) is 3. The van der Waals surface area contributed by atoms with Gasteiger partial charge in [-0.2, -0.15) is 4.98 Å². The highest BCUT2D eigenvalue weighted by molar-refractivity contribution is 6.30. The van der Waals surface area contributed by atoms with Gasteiger partial charge in [0.1, 0.15) is 0 Å². The van der Waals surface area contributed by atoms with Crippen molar-refractivity contribution in [3.05, 3.63) is 58.9 Å². The van der Waals surface area contributed by atoms with Crippen LogP contribution >= 0.6 is 11.6 Å². The molecule has 2 heterocycles. The van der Waals surface area contributed by atoms with Crippen LogP contribution in [0.5, 0.6) is 11.5 Å². The van der Waals surface area contributed by atoms with E-state index in [2.05, 4.69) is 10.1 Å². The first-order valence-corrected chi connectivity index (χ1v) is 10.1. The number of hydrogen-bond acceptors (Lipinski definition) is 6. The smallest absolute Gasteiger partial charge is 0.253 e. The lowest BCUT2D eigenvalue weighted by Gasteiger charge is -2.31. The van der Waals surface area contributed by atoms with E-state index in [4.69, 9.17) is 25.6 Å². The Balaban J connectivity index is 1.50. The van der Waals surface area contributed by atoms with Gasteiger partial charge in [-0.15, -0.1) is 0 Å².